The van der Waals surface area contributed by atoms with E-state index in [4.69, 9.17) is 35.4 Å². The van der Waals surface area contributed by atoms with Gasteiger partial charge < -0.3 is 20.6 Å². The fourth-order valence-electron chi connectivity index (χ4n) is 4.14. The third-order valence-corrected chi connectivity index (χ3v) is 7.19. The molecule has 1 aromatic heterocycles. The van der Waals surface area contributed by atoms with Crippen LogP contribution in [0, 0.1) is 0 Å². The Morgan fingerprint density at radius 3 is 2.20 bits per heavy atom. The van der Waals surface area contributed by atoms with E-state index in [1.54, 1.807) is 29.2 Å². The number of thiocarbonyl (C=S) groups is 1. The van der Waals surface area contributed by atoms with E-state index in [-0.39, 0.29) is 22.0 Å². The van der Waals surface area contributed by atoms with E-state index in [0.717, 1.165) is 28.8 Å². The van der Waals surface area contributed by atoms with E-state index in [0.29, 0.717) is 10.8 Å². The Bertz CT molecular complexity index is 1500. The number of nitrogens with zero attached hydrogens (tertiary/aromatic N) is 2. The lowest BCUT2D eigenvalue weighted by molar-refractivity contribution is -0.139. The quantitative estimate of drug-likeness (QED) is 0.198. The first-order chi connectivity index (χ1) is 19.2. The molecular formula is C30H26Cl2N4O3S. The van der Waals surface area contributed by atoms with Gasteiger partial charge in [0.15, 0.2) is 5.11 Å². The van der Waals surface area contributed by atoms with Crippen LogP contribution in [0.25, 0.3) is 0 Å². The lowest BCUT2D eigenvalue weighted by Gasteiger charge is -2.26. The zero-order valence-electron chi connectivity index (χ0n) is 21.5. The second kappa shape index (κ2) is 13.4. The van der Waals surface area contributed by atoms with Crippen LogP contribution in [0.1, 0.15) is 27.0 Å². The van der Waals surface area contributed by atoms with Gasteiger partial charge >= 0.3 is 5.97 Å². The molecule has 1 atom stereocenters. The zero-order valence-corrected chi connectivity index (χ0v) is 23.8. The van der Waals surface area contributed by atoms with Gasteiger partial charge in [0.1, 0.15) is 6.04 Å². The molecule has 1 unspecified atom stereocenters. The number of hydrogen-bond acceptors (Lipinski definition) is 4. The maximum Gasteiger partial charge on any atom is 0.326 e. The first kappa shape index (κ1) is 29.0. The van der Waals surface area contributed by atoms with E-state index in [1.807, 2.05) is 49.5 Å². The lowest BCUT2D eigenvalue weighted by Crippen LogP contribution is -2.47. The Morgan fingerprint density at radius 2 is 1.55 bits per heavy atom. The normalized spacial score (nSPS) is 11.4. The van der Waals surface area contributed by atoms with Crippen molar-refractivity contribution in [2.45, 2.75) is 18.9 Å². The van der Waals surface area contributed by atoms with Crippen molar-refractivity contribution in [3.63, 3.8) is 0 Å². The number of hydrogen-bond donors (Lipinski definition) is 3. The number of carboxylic acid groups (broad SMARTS) is 1. The molecule has 40 heavy (non-hydrogen) atoms. The number of amides is 1. The van der Waals surface area contributed by atoms with Crippen LogP contribution < -0.4 is 15.5 Å². The highest BCUT2D eigenvalue weighted by Gasteiger charge is 2.22. The average Bonchev–Trinajstić information content (AvgIpc) is 2.94. The number of pyridine rings is 1. The molecule has 0 spiro atoms. The van der Waals surface area contributed by atoms with Crippen LogP contribution >= 0.6 is 35.4 Å². The topological polar surface area (TPSA) is 94.6 Å². The third-order valence-electron chi connectivity index (χ3n) is 6.22. The summed E-state index contributed by atoms with van der Waals surface area (Å²) in [7, 11) is 1.82. The number of carbonyl (C=O) groups is 2. The predicted octanol–water partition coefficient (Wildman–Crippen LogP) is 6.24. The summed E-state index contributed by atoms with van der Waals surface area (Å²) in [5.41, 5.74) is 4.50. The van der Waals surface area contributed by atoms with Gasteiger partial charge in [0.2, 0.25) is 0 Å². The minimum atomic E-state index is -1.03. The Balaban J connectivity index is 1.41. The number of anilines is 2. The zero-order chi connectivity index (χ0) is 28.6. The van der Waals surface area contributed by atoms with E-state index >= 15 is 0 Å². The van der Waals surface area contributed by atoms with Crippen molar-refractivity contribution in [2.24, 2.45) is 0 Å². The highest BCUT2D eigenvalue weighted by molar-refractivity contribution is 7.80. The molecule has 204 valence electrons. The van der Waals surface area contributed by atoms with Gasteiger partial charge in [0.25, 0.3) is 5.91 Å². The van der Waals surface area contributed by atoms with E-state index in [1.165, 1.54) is 12.4 Å². The average molecular weight is 594 g/mol. The first-order valence-electron chi connectivity index (χ1n) is 12.3. The Morgan fingerprint density at radius 1 is 0.925 bits per heavy atom. The number of rotatable bonds is 9. The van der Waals surface area contributed by atoms with E-state index in [2.05, 4.69) is 27.8 Å². The molecule has 1 amide bonds. The first-order valence-corrected chi connectivity index (χ1v) is 13.5. The monoisotopic (exact) mass is 592 g/mol. The second-order valence-electron chi connectivity index (χ2n) is 9.02. The lowest BCUT2D eigenvalue weighted by atomic mass is 10.0. The molecule has 0 radical (unpaired) electrons. The van der Waals surface area contributed by atoms with Crippen LogP contribution in [0.5, 0.6) is 0 Å². The van der Waals surface area contributed by atoms with Crippen molar-refractivity contribution in [1.29, 1.82) is 0 Å². The van der Waals surface area contributed by atoms with Crippen LogP contribution in [-0.4, -0.2) is 40.2 Å². The van der Waals surface area contributed by atoms with Crippen LogP contribution in [0.3, 0.4) is 0 Å². The van der Waals surface area contributed by atoms with Gasteiger partial charge in [-0.1, -0.05) is 83.9 Å². The summed E-state index contributed by atoms with van der Waals surface area (Å²) in [5, 5.41) is 16.2. The van der Waals surface area contributed by atoms with Crippen molar-refractivity contribution in [3.8, 4) is 0 Å². The fraction of sp³-hybridized carbons (Fsp3) is 0.133. The Hall–Kier alpha value is -3.98. The number of carboxylic acids is 1. The second-order valence-corrected chi connectivity index (χ2v) is 10.2. The predicted molar refractivity (Wildman–Crippen MR) is 164 cm³/mol. The molecule has 0 saturated heterocycles. The van der Waals surface area contributed by atoms with Gasteiger partial charge in [-0.3, -0.25) is 9.78 Å². The molecule has 3 N–H and O–H groups in total. The third kappa shape index (κ3) is 7.35. The number of carbonyl (C=O) groups excluding carboxylic acids is 1. The smallest absolute Gasteiger partial charge is 0.326 e. The summed E-state index contributed by atoms with van der Waals surface area (Å²) in [4.78, 5) is 30.4. The van der Waals surface area contributed by atoms with Gasteiger partial charge in [0, 0.05) is 37.2 Å². The molecule has 10 heteroatoms. The minimum Gasteiger partial charge on any atom is -0.480 e. The number of aliphatic carboxylic acids is 1. The largest absolute Gasteiger partial charge is 0.480 e. The molecule has 0 bridgehead atoms. The fourth-order valence-corrected chi connectivity index (χ4v) is 4.92. The number of halogens is 2. The van der Waals surface area contributed by atoms with Gasteiger partial charge in [-0.15, -0.1) is 0 Å². The molecule has 0 saturated carbocycles. The maximum absolute atomic E-state index is 12.6. The molecule has 4 rings (SSSR count). The summed E-state index contributed by atoms with van der Waals surface area (Å²) in [6.07, 6.45) is 3.57. The van der Waals surface area contributed by atoms with E-state index < -0.39 is 17.9 Å². The van der Waals surface area contributed by atoms with Crippen molar-refractivity contribution in [3.05, 3.63) is 124 Å². The van der Waals surface area contributed by atoms with Crippen LogP contribution in [-0.2, 0) is 17.6 Å². The standard InChI is InChI=1S/C30H26Cl2N4O3S/c1-36(26-10-6-5-9-21(26)15-19-7-3-2-4-8-19)30(40)35-25(29(38)39)16-20-11-13-22(14-12-20)34-28(37)27-23(31)17-33-18-24(27)32/h2-14,17-18,25H,15-16H2,1H3,(H,34,37)(H,35,40)(H,38,39). The summed E-state index contributed by atoms with van der Waals surface area (Å²) in [5.74, 6) is -1.51. The number of nitrogens with one attached hydrogen (secondary N) is 2. The van der Waals surface area contributed by atoms with Crippen molar-refractivity contribution < 1.29 is 14.7 Å². The van der Waals surface area contributed by atoms with Gasteiger partial charge in [-0.25, -0.2) is 4.79 Å². The molecule has 0 aliphatic heterocycles. The summed E-state index contributed by atoms with van der Waals surface area (Å²) >= 11 is 17.7. The molecule has 1 heterocycles. The molecule has 0 aliphatic rings. The van der Waals surface area contributed by atoms with E-state index in [9.17, 15) is 14.7 Å². The summed E-state index contributed by atoms with van der Waals surface area (Å²) in [6, 6.07) is 23.9. The molecule has 0 aliphatic carbocycles. The van der Waals surface area contributed by atoms with Crippen molar-refractivity contribution in [2.75, 3.05) is 17.3 Å². The maximum atomic E-state index is 12.6. The van der Waals surface area contributed by atoms with Crippen molar-refractivity contribution >= 4 is 63.8 Å². The van der Waals surface area contributed by atoms with Crippen LogP contribution in [0.15, 0.2) is 91.3 Å². The highest BCUT2D eigenvalue weighted by atomic mass is 35.5. The summed E-state index contributed by atoms with van der Waals surface area (Å²) < 4.78 is 0. The molecular weight excluding hydrogens is 567 g/mol. The molecule has 0 fully saturated rings. The van der Waals surface area contributed by atoms with Crippen molar-refractivity contribution in [1.82, 2.24) is 10.3 Å². The van der Waals surface area contributed by atoms with Gasteiger partial charge in [0.05, 0.1) is 15.6 Å². The Kier molecular flexibility index (Phi) is 9.71. The number of benzene rings is 3. The van der Waals surface area contributed by atoms with Crippen LogP contribution in [0.2, 0.25) is 10.0 Å². The molecule has 7 nitrogen and oxygen atoms in total. The molecule has 4 aromatic rings. The summed E-state index contributed by atoms with van der Waals surface area (Å²) in [6.45, 7) is 0. The molecule has 3 aromatic carbocycles. The number of para-hydroxylation sites is 1. The Labute approximate surface area is 247 Å². The SMILES string of the molecule is CN(C(=S)NC(Cc1ccc(NC(=O)c2c(Cl)cncc2Cl)cc1)C(=O)O)c1ccccc1Cc1ccccc1. The number of aromatic nitrogens is 1. The minimum absolute atomic E-state index is 0.125. The van der Waals surface area contributed by atoms with Crippen LogP contribution in [0.4, 0.5) is 11.4 Å². The highest BCUT2D eigenvalue weighted by Crippen LogP contribution is 2.25. The van der Waals surface area contributed by atoms with Gasteiger partial charge in [-0.2, -0.15) is 0 Å². The van der Waals surface area contributed by atoms with Gasteiger partial charge in [-0.05, 0) is 53.5 Å².